The Kier molecular flexibility index (Phi) is 6.36. The number of benzene rings is 3. The second-order valence-electron chi connectivity index (χ2n) is 6.19. The van der Waals surface area contributed by atoms with Crippen molar-refractivity contribution in [3.8, 4) is 0 Å². The Bertz CT molecular complexity index is 1060. The summed E-state index contributed by atoms with van der Waals surface area (Å²) in [5, 5.41) is 7.25. The van der Waals surface area contributed by atoms with Gasteiger partial charge in [-0.3, -0.25) is 9.59 Å². The Morgan fingerprint density at radius 2 is 1.52 bits per heavy atom. The van der Waals surface area contributed by atoms with Crippen LogP contribution in [-0.4, -0.2) is 17.5 Å². The topological polar surface area (TPSA) is 70.6 Å². The molecule has 0 aliphatic rings. The Labute approximate surface area is 172 Å². The summed E-state index contributed by atoms with van der Waals surface area (Å²) in [4.78, 5) is 24.5. The lowest BCUT2D eigenvalue weighted by molar-refractivity contribution is 0.0954. The summed E-state index contributed by atoms with van der Waals surface area (Å²) in [5.41, 5.74) is 5.05. The van der Waals surface area contributed by atoms with Gasteiger partial charge in [0.1, 0.15) is 5.82 Å². The summed E-state index contributed by atoms with van der Waals surface area (Å²) in [5.74, 6) is -1.04. The lowest BCUT2D eigenvalue weighted by Gasteiger charge is -2.07. The number of hydrogen-bond donors (Lipinski definition) is 2. The van der Waals surface area contributed by atoms with Gasteiger partial charge in [0.25, 0.3) is 11.8 Å². The van der Waals surface area contributed by atoms with Gasteiger partial charge in [0.2, 0.25) is 0 Å². The number of hydrogen-bond acceptors (Lipinski definition) is 3. The molecule has 2 amide bonds. The average Bonchev–Trinajstić information content (AvgIpc) is 2.73. The summed E-state index contributed by atoms with van der Waals surface area (Å²) < 4.78 is 13.0. The molecule has 0 saturated carbocycles. The fourth-order valence-corrected chi connectivity index (χ4v) is 2.68. The van der Waals surface area contributed by atoms with Crippen molar-refractivity contribution < 1.29 is 14.0 Å². The molecule has 0 saturated heterocycles. The molecule has 0 aliphatic carbocycles. The van der Waals surface area contributed by atoms with Gasteiger partial charge in [-0.15, -0.1) is 0 Å². The number of halogens is 2. The van der Waals surface area contributed by atoms with Gasteiger partial charge in [-0.1, -0.05) is 29.8 Å². The van der Waals surface area contributed by atoms with Gasteiger partial charge in [0.05, 0.1) is 5.71 Å². The fraction of sp³-hybridized carbons (Fsp3) is 0.0455. The average molecular weight is 410 g/mol. The Balaban J connectivity index is 1.62. The van der Waals surface area contributed by atoms with Crippen molar-refractivity contribution in [1.29, 1.82) is 0 Å². The zero-order chi connectivity index (χ0) is 20.8. The molecule has 0 fully saturated rings. The van der Waals surface area contributed by atoms with E-state index >= 15 is 0 Å². The van der Waals surface area contributed by atoms with Crippen LogP contribution in [0.5, 0.6) is 0 Å². The number of hydrazone groups is 1. The predicted molar refractivity (Wildman–Crippen MR) is 112 cm³/mol. The maximum absolute atomic E-state index is 13.0. The molecule has 0 spiro atoms. The molecular formula is C22H17ClFN3O2. The highest BCUT2D eigenvalue weighted by Crippen LogP contribution is 2.14. The van der Waals surface area contributed by atoms with Crippen molar-refractivity contribution in [2.45, 2.75) is 6.92 Å². The molecule has 3 aromatic carbocycles. The van der Waals surface area contributed by atoms with Crippen molar-refractivity contribution in [1.82, 2.24) is 5.43 Å². The van der Waals surface area contributed by atoms with E-state index in [1.807, 2.05) is 0 Å². The summed E-state index contributed by atoms with van der Waals surface area (Å²) in [6, 6.07) is 18.8. The van der Waals surface area contributed by atoms with Gasteiger partial charge < -0.3 is 5.32 Å². The van der Waals surface area contributed by atoms with Crippen molar-refractivity contribution in [3.63, 3.8) is 0 Å². The normalized spacial score (nSPS) is 11.1. The number of carbonyl (C=O) groups is 2. The third-order valence-electron chi connectivity index (χ3n) is 4.08. The molecular weight excluding hydrogens is 393 g/mol. The highest BCUT2D eigenvalue weighted by Gasteiger charge is 2.09. The van der Waals surface area contributed by atoms with Crippen LogP contribution in [0.25, 0.3) is 0 Å². The van der Waals surface area contributed by atoms with Gasteiger partial charge in [-0.05, 0) is 67.1 Å². The number of nitrogens with one attached hydrogen (secondary N) is 2. The summed E-state index contributed by atoms with van der Waals surface area (Å²) in [6.07, 6.45) is 0. The largest absolute Gasteiger partial charge is 0.322 e. The van der Waals surface area contributed by atoms with Crippen LogP contribution in [-0.2, 0) is 0 Å². The zero-order valence-electron chi connectivity index (χ0n) is 15.4. The standard InChI is InChI=1S/C22H17ClFN3O2/c1-14(15-5-9-19(24)10-6-15)26-27-22(29)16-7-11-20(12-8-16)25-21(28)17-3-2-4-18(23)13-17/h2-13H,1H3,(H,25,28)(H,27,29). The van der Waals surface area contributed by atoms with Gasteiger partial charge in [0, 0.05) is 21.8 Å². The Morgan fingerprint density at radius 1 is 0.862 bits per heavy atom. The van der Waals surface area contributed by atoms with Crippen LogP contribution in [0.4, 0.5) is 10.1 Å². The zero-order valence-corrected chi connectivity index (χ0v) is 16.2. The number of rotatable bonds is 5. The minimum absolute atomic E-state index is 0.302. The lowest BCUT2D eigenvalue weighted by Crippen LogP contribution is -2.19. The molecule has 2 N–H and O–H groups in total. The van der Waals surface area contributed by atoms with Crippen molar-refractivity contribution in [3.05, 3.63) is 100 Å². The highest BCUT2D eigenvalue weighted by atomic mass is 35.5. The molecule has 0 aliphatic heterocycles. The number of amides is 2. The molecule has 0 bridgehead atoms. The van der Waals surface area contributed by atoms with E-state index in [9.17, 15) is 14.0 Å². The summed E-state index contributed by atoms with van der Waals surface area (Å²) in [7, 11) is 0. The van der Waals surface area contributed by atoms with E-state index in [0.717, 1.165) is 0 Å². The molecule has 0 heterocycles. The van der Waals surface area contributed by atoms with E-state index in [-0.39, 0.29) is 11.7 Å². The SMILES string of the molecule is CC(=NNC(=O)c1ccc(NC(=O)c2cccc(Cl)c2)cc1)c1ccc(F)cc1. The van der Waals surface area contributed by atoms with Crippen LogP contribution in [0.1, 0.15) is 33.2 Å². The van der Waals surface area contributed by atoms with Crippen molar-refractivity contribution in [2.24, 2.45) is 5.10 Å². The van der Waals surface area contributed by atoms with Crippen LogP contribution in [0.15, 0.2) is 77.9 Å². The molecule has 0 atom stereocenters. The summed E-state index contributed by atoms with van der Waals surface area (Å²) >= 11 is 5.89. The minimum Gasteiger partial charge on any atom is -0.322 e. The van der Waals surface area contributed by atoms with E-state index in [1.165, 1.54) is 12.1 Å². The third kappa shape index (κ3) is 5.49. The predicted octanol–water partition coefficient (Wildman–Crippen LogP) is 4.89. The maximum atomic E-state index is 13.0. The lowest BCUT2D eigenvalue weighted by atomic mass is 10.1. The van der Waals surface area contributed by atoms with Gasteiger partial charge in [-0.2, -0.15) is 5.10 Å². The monoisotopic (exact) mass is 409 g/mol. The van der Waals surface area contributed by atoms with E-state index < -0.39 is 5.91 Å². The number of nitrogens with zero attached hydrogens (tertiary/aromatic N) is 1. The molecule has 5 nitrogen and oxygen atoms in total. The molecule has 7 heteroatoms. The Hall–Kier alpha value is -3.51. The molecule has 0 aromatic heterocycles. The van der Waals surface area contributed by atoms with Crippen molar-refractivity contribution in [2.75, 3.05) is 5.32 Å². The molecule has 0 radical (unpaired) electrons. The molecule has 3 rings (SSSR count). The van der Waals surface area contributed by atoms with Gasteiger partial charge in [-0.25, -0.2) is 9.82 Å². The summed E-state index contributed by atoms with van der Waals surface area (Å²) in [6.45, 7) is 1.71. The quantitative estimate of drug-likeness (QED) is 0.465. The van der Waals surface area contributed by atoms with Crippen LogP contribution in [0.3, 0.4) is 0 Å². The minimum atomic E-state index is -0.404. The number of carbonyl (C=O) groups excluding carboxylic acids is 2. The van der Waals surface area contributed by atoms with Gasteiger partial charge in [0.15, 0.2) is 0 Å². The maximum Gasteiger partial charge on any atom is 0.271 e. The number of anilines is 1. The second-order valence-corrected chi connectivity index (χ2v) is 6.62. The highest BCUT2D eigenvalue weighted by molar-refractivity contribution is 6.31. The first-order chi connectivity index (χ1) is 13.9. The first-order valence-corrected chi connectivity index (χ1v) is 9.08. The molecule has 3 aromatic rings. The smallest absolute Gasteiger partial charge is 0.271 e. The van der Waals surface area contributed by atoms with Crippen LogP contribution in [0, 0.1) is 5.82 Å². The van der Waals surface area contributed by atoms with E-state index in [0.29, 0.717) is 33.1 Å². The molecule has 146 valence electrons. The van der Waals surface area contributed by atoms with E-state index in [1.54, 1.807) is 67.6 Å². The van der Waals surface area contributed by atoms with Crippen molar-refractivity contribution >= 4 is 34.8 Å². The van der Waals surface area contributed by atoms with Crippen LogP contribution >= 0.6 is 11.6 Å². The van der Waals surface area contributed by atoms with E-state index in [4.69, 9.17) is 11.6 Å². The first kappa shape index (κ1) is 20.2. The first-order valence-electron chi connectivity index (χ1n) is 8.70. The van der Waals surface area contributed by atoms with E-state index in [2.05, 4.69) is 15.8 Å². The van der Waals surface area contributed by atoms with Gasteiger partial charge >= 0.3 is 0 Å². The third-order valence-corrected chi connectivity index (χ3v) is 4.31. The molecule has 0 unspecified atom stereocenters. The van der Waals surface area contributed by atoms with Crippen LogP contribution in [0.2, 0.25) is 5.02 Å². The fourth-order valence-electron chi connectivity index (χ4n) is 2.49. The Morgan fingerprint density at radius 3 is 2.17 bits per heavy atom. The second kappa shape index (κ2) is 9.12. The van der Waals surface area contributed by atoms with Crippen LogP contribution < -0.4 is 10.7 Å². The molecule has 29 heavy (non-hydrogen) atoms.